The zero-order valence-electron chi connectivity index (χ0n) is 10.2. The first-order valence-corrected chi connectivity index (χ1v) is 5.31. The van der Waals surface area contributed by atoms with E-state index in [9.17, 15) is 14.7 Å². The molecule has 0 bridgehead atoms. The first-order valence-electron chi connectivity index (χ1n) is 5.31. The first-order chi connectivity index (χ1) is 8.47. The minimum absolute atomic E-state index is 0.0369. The van der Waals surface area contributed by atoms with Crippen molar-refractivity contribution in [2.24, 2.45) is 0 Å². The number of methoxy groups -OCH3 is 1. The van der Waals surface area contributed by atoms with E-state index in [1.807, 2.05) is 0 Å². The van der Waals surface area contributed by atoms with E-state index >= 15 is 0 Å². The summed E-state index contributed by atoms with van der Waals surface area (Å²) < 4.78 is 10.1. The Morgan fingerprint density at radius 3 is 2.50 bits per heavy atom. The predicted molar refractivity (Wildman–Crippen MR) is 65.5 cm³/mol. The maximum absolute atomic E-state index is 11.8. The van der Waals surface area contributed by atoms with E-state index in [4.69, 9.17) is 9.15 Å². The lowest BCUT2D eigenvalue weighted by Gasteiger charge is -2.10. The number of carboxylic acid groups (broad SMARTS) is 1. The fraction of sp³-hybridized carbons (Fsp3) is 0.231. The largest absolute Gasteiger partial charge is 0.496 e. The molecule has 2 rings (SSSR count). The molecule has 1 aromatic heterocycles. The quantitative estimate of drug-likeness (QED) is 0.880. The zero-order chi connectivity index (χ0) is 13.4. The Labute approximate surface area is 103 Å². The molecular weight excluding hydrogens is 236 g/mol. The fourth-order valence-electron chi connectivity index (χ4n) is 2.04. The number of carbonyl (C=O) groups is 1. The number of carboxylic acids is 1. The third-order valence-electron chi connectivity index (χ3n) is 2.86. The van der Waals surface area contributed by atoms with Gasteiger partial charge in [-0.1, -0.05) is 6.07 Å². The molecule has 1 heterocycles. The summed E-state index contributed by atoms with van der Waals surface area (Å²) in [6, 6.07) is 3.34. The number of ether oxygens (including phenoxy) is 1. The van der Waals surface area contributed by atoms with Crippen LogP contribution in [0.5, 0.6) is 5.75 Å². The lowest BCUT2D eigenvalue weighted by molar-refractivity contribution is 0.0695. The van der Waals surface area contributed by atoms with Gasteiger partial charge in [0.2, 0.25) is 0 Å². The van der Waals surface area contributed by atoms with Gasteiger partial charge >= 0.3 is 11.6 Å². The average Bonchev–Trinajstić information content (AvgIpc) is 2.28. The van der Waals surface area contributed by atoms with Gasteiger partial charge in [0.25, 0.3) is 0 Å². The van der Waals surface area contributed by atoms with Crippen molar-refractivity contribution in [1.29, 1.82) is 0 Å². The van der Waals surface area contributed by atoms with Crippen LogP contribution in [0.15, 0.2) is 21.3 Å². The third kappa shape index (κ3) is 1.64. The summed E-state index contributed by atoms with van der Waals surface area (Å²) in [5.74, 6) is -0.724. The molecule has 0 aliphatic rings. The Bertz CT molecular complexity index is 697. The van der Waals surface area contributed by atoms with Crippen molar-refractivity contribution in [1.82, 2.24) is 0 Å². The maximum Gasteiger partial charge on any atom is 0.344 e. The predicted octanol–water partition coefficient (Wildman–Crippen LogP) is 2.12. The summed E-state index contributed by atoms with van der Waals surface area (Å²) in [6.07, 6.45) is 0. The summed E-state index contributed by atoms with van der Waals surface area (Å²) in [6.45, 7) is 3.17. The Balaban J connectivity index is 3.14. The molecule has 0 saturated heterocycles. The highest BCUT2D eigenvalue weighted by atomic mass is 16.5. The molecule has 5 heteroatoms. The molecule has 0 spiro atoms. The van der Waals surface area contributed by atoms with E-state index in [-0.39, 0.29) is 16.7 Å². The molecule has 18 heavy (non-hydrogen) atoms. The van der Waals surface area contributed by atoms with Gasteiger partial charge in [-0.2, -0.15) is 0 Å². The van der Waals surface area contributed by atoms with Gasteiger partial charge < -0.3 is 14.3 Å². The van der Waals surface area contributed by atoms with Crippen LogP contribution in [-0.2, 0) is 0 Å². The standard InChI is InChI=1S/C13H12O5/c1-6-4-5-8(17-3)11-9(6)13(16)18-7(2)10(11)12(14)15/h4-5H,1-3H3,(H,14,15). The van der Waals surface area contributed by atoms with Crippen molar-refractivity contribution in [3.63, 3.8) is 0 Å². The molecule has 94 valence electrons. The second-order valence-electron chi connectivity index (χ2n) is 3.96. The monoisotopic (exact) mass is 248 g/mol. The van der Waals surface area contributed by atoms with E-state index in [1.165, 1.54) is 14.0 Å². The Morgan fingerprint density at radius 2 is 1.94 bits per heavy atom. The van der Waals surface area contributed by atoms with E-state index in [2.05, 4.69) is 0 Å². The van der Waals surface area contributed by atoms with Crippen molar-refractivity contribution in [3.05, 3.63) is 39.4 Å². The Hall–Kier alpha value is -2.30. The van der Waals surface area contributed by atoms with Crippen LogP contribution >= 0.6 is 0 Å². The molecule has 0 atom stereocenters. The van der Waals surface area contributed by atoms with Crippen molar-refractivity contribution in [2.75, 3.05) is 7.11 Å². The number of aromatic carboxylic acids is 1. The molecule has 5 nitrogen and oxygen atoms in total. The van der Waals surface area contributed by atoms with Crippen LogP contribution < -0.4 is 10.4 Å². The topological polar surface area (TPSA) is 76.7 Å². The summed E-state index contributed by atoms with van der Waals surface area (Å²) in [4.78, 5) is 23.2. The summed E-state index contributed by atoms with van der Waals surface area (Å²) in [5, 5.41) is 9.79. The van der Waals surface area contributed by atoms with Crippen LogP contribution in [0.4, 0.5) is 0 Å². The number of fused-ring (bicyclic) bond motifs is 1. The summed E-state index contributed by atoms with van der Waals surface area (Å²) >= 11 is 0. The zero-order valence-corrected chi connectivity index (χ0v) is 10.2. The third-order valence-corrected chi connectivity index (χ3v) is 2.86. The maximum atomic E-state index is 11.8. The van der Waals surface area contributed by atoms with Gasteiger partial charge in [0.1, 0.15) is 17.1 Å². The number of rotatable bonds is 2. The number of hydrogen-bond donors (Lipinski definition) is 1. The average molecular weight is 248 g/mol. The van der Waals surface area contributed by atoms with Gasteiger partial charge in [-0.15, -0.1) is 0 Å². The van der Waals surface area contributed by atoms with Crippen molar-refractivity contribution >= 4 is 16.7 Å². The highest BCUT2D eigenvalue weighted by Gasteiger charge is 2.21. The highest BCUT2D eigenvalue weighted by molar-refractivity contribution is 6.07. The Kier molecular flexibility index (Phi) is 2.82. The second-order valence-corrected chi connectivity index (χ2v) is 3.96. The molecule has 1 aromatic carbocycles. The molecule has 2 aromatic rings. The minimum Gasteiger partial charge on any atom is -0.496 e. The van der Waals surface area contributed by atoms with Crippen LogP contribution in [0.2, 0.25) is 0 Å². The van der Waals surface area contributed by atoms with Crippen LogP contribution in [0, 0.1) is 13.8 Å². The van der Waals surface area contributed by atoms with Crippen LogP contribution in [0.3, 0.4) is 0 Å². The molecular formula is C13H12O5. The van der Waals surface area contributed by atoms with E-state index in [0.717, 1.165) is 0 Å². The molecule has 0 saturated carbocycles. The molecule has 0 radical (unpaired) electrons. The van der Waals surface area contributed by atoms with Gasteiger partial charge in [-0.25, -0.2) is 9.59 Å². The highest BCUT2D eigenvalue weighted by Crippen LogP contribution is 2.30. The van der Waals surface area contributed by atoms with Gasteiger partial charge in [0, 0.05) is 5.39 Å². The molecule has 1 N–H and O–H groups in total. The normalized spacial score (nSPS) is 10.6. The molecule has 0 fully saturated rings. The molecule has 0 aliphatic carbocycles. The lowest BCUT2D eigenvalue weighted by atomic mass is 10.0. The van der Waals surface area contributed by atoms with Crippen LogP contribution in [-0.4, -0.2) is 18.2 Å². The van der Waals surface area contributed by atoms with Gasteiger partial charge in [0.05, 0.1) is 12.5 Å². The van der Waals surface area contributed by atoms with Gasteiger partial charge in [-0.05, 0) is 25.5 Å². The second kappa shape index (κ2) is 4.18. The van der Waals surface area contributed by atoms with Crippen LogP contribution in [0.1, 0.15) is 21.7 Å². The molecule has 0 amide bonds. The summed E-state index contributed by atoms with van der Waals surface area (Å²) in [5.41, 5.74) is 0.0658. The lowest BCUT2D eigenvalue weighted by Crippen LogP contribution is -2.11. The van der Waals surface area contributed by atoms with Crippen LogP contribution in [0.25, 0.3) is 10.8 Å². The first kappa shape index (κ1) is 12.2. The molecule has 0 unspecified atom stereocenters. The van der Waals surface area contributed by atoms with E-state index < -0.39 is 11.6 Å². The van der Waals surface area contributed by atoms with E-state index in [1.54, 1.807) is 19.1 Å². The smallest absolute Gasteiger partial charge is 0.344 e. The van der Waals surface area contributed by atoms with Crippen molar-refractivity contribution in [3.8, 4) is 5.75 Å². The van der Waals surface area contributed by atoms with Crippen molar-refractivity contribution < 1.29 is 19.1 Å². The number of aryl methyl sites for hydroxylation is 2. The SMILES string of the molecule is COc1ccc(C)c2c(=O)oc(C)c(C(=O)O)c12. The fourth-order valence-corrected chi connectivity index (χ4v) is 2.04. The minimum atomic E-state index is -1.15. The molecule has 0 aliphatic heterocycles. The number of benzene rings is 1. The van der Waals surface area contributed by atoms with Crippen molar-refractivity contribution in [2.45, 2.75) is 13.8 Å². The van der Waals surface area contributed by atoms with E-state index in [0.29, 0.717) is 16.7 Å². The Morgan fingerprint density at radius 1 is 1.28 bits per heavy atom. The summed E-state index contributed by atoms with van der Waals surface area (Å²) in [7, 11) is 1.43. The van der Waals surface area contributed by atoms with Gasteiger partial charge in [-0.3, -0.25) is 0 Å². The van der Waals surface area contributed by atoms with Gasteiger partial charge in [0.15, 0.2) is 0 Å². The number of hydrogen-bond acceptors (Lipinski definition) is 4.